The van der Waals surface area contributed by atoms with E-state index in [1.807, 2.05) is 0 Å². The SMILES string of the molecule is Cl.Cl.NC1(C(=O)NCC2CCN(CCc3ccccc3)C2)CC1. The van der Waals surface area contributed by atoms with Crippen molar-refractivity contribution >= 4 is 30.7 Å². The molecule has 0 spiro atoms. The molecule has 1 aromatic rings. The van der Waals surface area contributed by atoms with Gasteiger partial charge in [0.2, 0.25) is 5.91 Å². The Labute approximate surface area is 151 Å². The van der Waals surface area contributed by atoms with Gasteiger partial charge in [0, 0.05) is 19.6 Å². The second-order valence-electron chi connectivity index (χ2n) is 6.56. The summed E-state index contributed by atoms with van der Waals surface area (Å²) in [6.07, 6.45) is 3.96. The Kier molecular flexibility index (Phi) is 7.81. The molecular formula is C17H27Cl2N3O. The number of amides is 1. The molecule has 0 radical (unpaired) electrons. The van der Waals surface area contributed by atoms with Gasteiger partial charge in [0.05, 0.1) is 5.54 Å². The number of carbonyl (C=O) groups excluding carboxylic acids is 1. The van der Waals surface area contributed by atoms with E-state index in [4.69, 9.17) is 5.73 Å². The van der Waals surface area contributed by atoms with Gasteiger partial charge in [0.15, 0.2) is 0 Å². The maximum absolute atomic E-state index is 11.8. The molecule has 0 bridgehead atoms. The second-order valence-corrected chi connectivity index (χ2v) is 6.56. The van der Waals surface area contributed by atoms with E-state index in [1.54, 1.807) is 0 Å². The van der Waals surface area contributed by atoms with Gasteiger partial charge in [-0.3, -0.25) is 4.79 Å². The molecule has 3 N–H and O–H groups in total. The van der Waals surface area contributed by atoms with Crippen LogP contribution in [0.1, 0.15) is 24.8 Å². The van der Waals surface area contributed by atoms with Crippen LogP contribution in [0.3, 0.4) is 0 Å². The highest BCUT2D eigenvalue weighted by atomic mass is 35.5. The van der Waals surface area contributed by atoms with Crippen LogP contribution in [0.5, 0.6) is 0 Å². The minimum Gasteiger partial charge on any atom is -0.354 e. The number of nitrogens with one attached hydrogen (secondary N) is 1. The summed E-state index contributed by atoms with van der Waals surface area (Å²) in [5.41, 5.74) is 6.75. The Morgan fingerprint density at radius 1 is 1.26 bits per heavy atom. The molecule has 2 fully saturated rings. The molecule has 1 amide bonds. The molecule has 1 unspecified atom stereocenters. The fourth-order valence-corrected chi connectivity index (χ4v) is 2.99. The van der Waals surface area contributed by atoms with Crippen molar-refractivity contribution in [2.24, 2.45) is 11.7 Å². The van der Waals surface area contributed by atoms with E-state index in [1.165, 1.54) is 12.0 Å². The summed E-state index contributed by atoms with van der Waals surface area (Å²) in [7, 11) is 0. The van der Waals surface area contributed by atoms with Crippen molar-refractivity contribution in [2.75, 3.05) is 26.2 Å². The van der Waals surface area contributed by atoms with Crippen LogP contribution in [0, 0.1) is 5.92 Å². The standard InChI is InChI=1S/C17H25N3O.2ClH/c18-17(8-9-17)16(21)19-12-15-7-11-20(13-15)10-6-14-4-2-1-3-5-14;;/h1-5,15H,6-13,18H2,(H,19,21);2*1H. The molecular weight excluding hydrogens is 333 g/mol. The third-order valence-corrected chi connectivity index (χ3v) is 4.72. The van der Waals surface area contributed by atoms with Crippen LogP contribution < -0.4 is 11.1 Å². The molecule has 1 saturated carbocycles. The molecule has 4 nitrogen and oxygen atoms in total. The second kappa shape index (κ2) is 8.88. The molecule has 0 aromatic heterocycles. The summed E-state index contributed by atoms with van der Waals surface area (Å²) in [4.78, 5) is 14.3. The fourth-order valence-electron chi connectivity index (χ4n) is 2.99. The van der Waals surface area contributed by atoms with Gasteiger partial charge in [-0.25, -0.2) is 0 Å². The molecule has 1 aromatic carbocycles. The minimum absolute atomic E-state index is 0. The van der Waals surface area contributed by atoms with E-state index in [0.717, 1.165) is 45.4 Å². The summed E-state index contributed by atoms with van der Waals surface area (Å²) in [5, 5.41) is 3.03. The quantitative estimate of drug-likeness (QED) is 0.816. The molecule has 23 heavy (non-hydrogen) atoms. The molecule has 130 valence electrons. The molecule has 6 heteroatoms. The predicted molar refractivity (Wildman–Crippen MR) is 98.4 cm³/mol. The monoisotopic (exact) mass is 359 g/mol. The van der Waals surface area contributed by atoms with Crippen LogP contribution >= 0.6 is 24.8 Å². The molecule has 1 heterocycles. The summed E-state index contributed by atoms with van der Waals surface area (Å²) >= 11 is 0. The smallest absolute Gasteiger partial charge is 0.240 e. The number of carbonyl (C=O) groups is 1. The summed E-state index contributed by atoms with van der Waals surface area (Å²) in [6.45, 7) is 4.11. The van der Waals surface area contributed by atoms with E-state index in [0.29, 0.717) is 5.92 Å². The normalized spacial score (nSPS) is 21.9. The lowest BCUT2D eigenvalue weighted by molar-refractivity contribution is -0.123. The minimum atomic E-state index is -0.536. The summed E-state index contributed by atoms with van der Waals surface area (Å²) in [6, 6.07) is 10.6. The molecule has 1 atom stereocenters. The van der Waals surface area contributed by atoms with Gasteiger partial charge < -0.3 is 16.0 Å². The average molecular weight is 360 g/mol. The van der Waals surface area contributed by atoms with E-state index >= 15 is 0 Å². The van der Waals surface area contributed by atoms with E-state index in [2.05, 4.69) is 40.5 Å². The van der Waals surface area contributed by atoms with Gasteiger partial charge in [0.25, 0.3) is 0 Å². The van der Waals surface area contributed by atoms with Gasteiger partial charge in [0.1, 0.15) is 0 Å². The highest BCUT2D eigenvalue weighted by Gasteiger charge is 2.45. The fraction of sp³-hybridized carbons (Fsp3) is 0.588. The number of likely N-dealkylation sites (tertiary alicyclic amines) is 1. The van der Waals surface area contributed by atoms with Crippen LogP contribution in [-0.4, -0.2) is 42.5 Å². The number of hydrogen-bond donors (Lipinski definition) is 2. The number of benzene rings is 1. The van der Waals surface area contributed by atoms with E-state index in [9.17, 15) is 4.79 Å². The first-order valence-corrected chi connectivity index (χ1v) is 7.99. The first-order valence-electron chi connectivity index (χ1n) is 7.99. The lowest BCUT2D eigenvalue weighted by Crippen LogP contribution is -2.44. The van der Waals surface area contributed by atoms with Gasteiger partial charge in [-0.15, -0.1) is 24.8 Å². The molecule has 3 rings (SSSR count). The zero-order valence-electron chi connectivity index (χ0n) is 13.4. The van der Waals surface area contributed by atoms with Crippen LogP contribution in [0.25, 0.3) is 0 Å². The first-order chi connectivity index (χ1) is 10.2. The van der Waals surface area contributed by atoms with Crippen LogP contribution in [-0.2, 0) is 11.2 Å². The Bertz CT molecular complexity index is 494. The van der Waals surface area contributed by atoms with Crippen molar-refractivity contribution in [2.45, 2.75) is 31.2 Å². The third kappa shape index (κ3) is 5.64. The van der Waals surface area contributed by atoms with Gasteiger partial charge in [-0.2, -0.15) is 0 Å². The highest BCUT2D eigenvalue weighted by molar-refractivity contribution is 5.88. The van der Waals surface area contributed by atoms with Crippen molar-refractivity contribution in [3.05, 3.63) is 35.9 Å². The van der Waals surface area contributed by atoms with Crippen LogP contribution in [0.2, 0.25) is 0 Å². The van der Waals surface area contributed by atoms with Crippen molar-refractivity contribution in [3.8, 4) is 0 Å². The number of hydrogen-bond acceptors (Lipinski definition) is 3. The zero-order valence-corrected chi connectivity index (χ0v) is 15.0. The Morgan fingerprint density at radius 2 is 1.96 bits per heavy atom. The van der Waals surface area contributed by atoms with Crippen molar-refractivity contribution in [1.82, 2.24) is 10.2 Å². The Morgan fingerprint density at radius 3 is 2.61 bits per heavy atom. The first kappa shape index (κ1) is 20.2. The van der Waals surface area contributed by atoms with Gasteiger partial charge in [-0.1, -0.05) is 30.3 Å². The predicted octanol–water partition coefficient (Wildman–Crippen LogP) is 2.00. The van der Waals surface area contributed by atoms with Gasteiger partial charge in [-0.05, 0) is 43.7 Å². The Balaban J connectivity index is 0.00000132. The van der Waals surface area contributed by atoms with E-state index < -0.39 is 5.54 Å². The largest absolute Gasteiger partial charge is 0.354 e. The zero-order chi connectivity index (χ0) is 14.7. The lowest BCUT2D eigenvalue weighted by Gasteiger charge is -2.17. The number of nitrogens with zero attached hydrogens (tertiary/aromatic N) is 1. The number of nitrogens with two attached hydrogens (primary N) is 1. The molecule has 2 aliphatic rings. The maximum atomic E-state index is 11.8. The third-order valence-electron chi connectivity index (χ3n) is 4.72. The topological polar surface area (TPSA) is 58.4 Å². The average Bonchev–Trinajstić information content (AvgIpc) is 3.11. The van der Waals surface area contributed by atoms with Crippen molar-refractivity contribution in [1.29, 1.82) is 0 Å². The van der Waals surface area contributed by atoms with Crippen LogP contribution in [0.15, 0.2) is 30.3 Å². The van der Waals surface area contributed by atoms with Crippen molar-refractivity contribution < 1.29 is 4.79 Å². The maximum Gasteiger partial charge on any atom is 0.240 e. The number of halogens is 2. The van der Waals surface area contributed by atoms with Gasteiger partial charge >= 0.3 is 0 Å². The number of rotatable bonds is 6. The highest BCUT2D eigenvalue weighted by Crippen LogP contribution is 2.32. The summed E-state index contributed by atoms with van der Waals surface area (Å²) < 4.78 is 0. The summed E-state index contributed by atoms with van der Waals surface area (Å²) in [5.74, 6) is 0.623. The lowest BCUT2D eigenvalue weighted by atomic mass is 10.1. The molecule has 1 aliphatic carbocycles. The molecule has 1 aliphatic heterocycles. The molecule has 1 saturated heterocycles. The van der Waals surface area contributed by atoms with Crippen LogP contribution in [0.4, 0.5) is 0 Å². The Hall–Kier alpha value is -0.810. The van der Waals surface area contributed by atoms with Crippen molar-refractivity contribution in [3.63, 3.8) is 0 Å². The van der Waals surface area contributed by atoms with E-state index in [-0.39, 0.29) is 30.7 Å².